The molecule has 5 heteroatoms. The van der Waals surface area contributed by atoms with Crippen molar-refractivity contribution in [1.82, 2.24) is 9.97 Å². The van der Waals surface area contributed by atoms with E-state index in [0.717, 1.165) is 43.7 Å². The third-order valence-corrected chi connectivity index (χ3v) is 6.92. The second-order valence-electron chi connectivity index (χ2n) is 8.77. The lowest BCUT2D eigenvalue weighted by Crippen LogP contribution is -2.35. The zero-order valence-corrected chi connectivity index (χ0v) is 17.5. The van der Waals surface area contributed by atoms with Crippen molar-refractivity contribution in [3.05, 3.63) is 98.5 Å². The molecule has 6 rings (SSSR count). The van der Waals surface area contributed by atoms with Crippen molar-refractivity contribution in [3.63, 3.8) is 0 Å². The molecule has 31 heavy (non-hydrogen) atoms. The van der Waals surface area contributed by atoms with Crippen LogP contribution in [0.4, 0.5) is 11.8 Å². The van der Waals surface area contributed by atoms with Gasteiger partial charge in [-0.3, -0.25) is 9.78 Å². The Kier molecular flexibility index (Phi) is 4.41. The lowest BCUT2D eigenvalue weighted by molar-refractivity contribution is 0.629. The number of allylic oxidation sites excluding steroid dienone is 2. The summed E-state index contributed by atoms with van der Waals surface area (Å²) in [5.74, 6) is 1.38. The Morgan fingerprint density at radius 3 is 2.55 bits per heavy atom. The first-order valence-electron chi connectivity index (χ1n) is 11.3. The van der Waals surface area contributed by atoms with Gasteiger partial charge in [0.15, 0.2) is 0 Å². The lowest BCUT2D eigenvalue weighted by Gasteiger charge is -2.35. The van der Waals surface area contributed by atoms with Crippen LogP contribution in [-0.2, 0) is 13.0 Å². The van der Waals surface area contributed by atoms with Crippen molar-refractivity contribution in [2.75, 3.05) is 16.8 Å². The summed E-state index contributed by atoms with van der Waals surface area (Å²) in [7, 11) is 0. The fourth-order valence-electron chi connectivity index (χ4n) is 5.38. The van der Waals surface area contributed by atoms with Gasteiger partial charge in [-0.25, -0.2) is 0 Å². The minimum absolute atomic E-state index is 0.0138. The number of nitrogens with one attached hydrogen (secondary N) is 2. The molecule has 3 aliphatic rings. The fraction of sp³-hybridized carbons (Fsp3) is 0.308. The number of aromatic amines is 1. The van der Waals surface area contributed by atoms with Crippen molar-refractivity contribution in [2.24, 2.45) is 0 Å². The first-order valence-corrected chi connectivity index (χ1v) is 11.3. The monoisotopic (exact) mass is 410 g/mol. The van der Waals surface area contributed by atoms with Crippen LogP contribution in [0.2, 0.25) is 0 Å². The molecule has 3 aromatic rings. The van der Waals surface area contributed by atoms with Gasteiger partial charge in [-0.1, -0.05) is 54.6 Å². The molecule has 0 amide bonds. The number of rotatable bonds is 2. The van der Waals surface area contributed by atoms with Crippen LogP contribution in [0.3, 0.4) is 0 Å². The Hall–Kier alpha value is -3.34. The van der Waals surface area contributed by atoms with Crippen molar-refractivity contribution >= 4 is 11.8 Å². The smallest absolute Gasteiger partial charge is 0.258 e. The van der Waals surface area contributed by atoms with Crippen LogP contribution in [0.25, 0.3) is 0 Å². The Balaban J connectivity index is 1.44. The number of hydrogen-bond acceptors (Lipinski definition) is 4. The second kappa shape index (κ2) is 7.41. The number of hydrogen-bond donors (Lipinski definition) is 2. The quantitative estimate of drug-likeness (QED) is 0.642. The van der Waals surface area contributed by atoms with Gasteiger partial charge < -0.3 is 10.2 Å². The molecule has 2 N–H and O–H groups in total. The van der Waals surface area contributed by atoms with Crippen LogP contribution in [0, 0.1) is 0 Å². The van der Waals surface area contributed by atoms with Gasteiger partial charge in [0, 0.05) is 24.7 Å². The fourth-order valence-corrected chi connectivity index (χ4v) is 5.38. The summed E-state index contributed by atoms with van der Waals surface area (Å²) in [4.78, 5) is 23.7. The molecule has 1 aliphatic carbocycles. The predicted octanol–water partition coefficient (Wildman–Crippen LogP) is 4.72. The molecule has 0 saturated heterocycles. The zero-order chi connectivity index (χ0) is 20.8. The van der Waals surface area contributed by atoms with Gasteiger partial charge in [0.05, 0.1) is 5.56 Å². The number of benzene rings is 2. The lowest BCUT2D eigenvalue weighted by atomic mass is 9.77. The topological polar surface area (TPSA) is 61.0 Å². The molecule has 0 fully saturated rings. The van der Waals surface area contributed by atoms with Gasteiger partial charge in [0.2, 0.25) is 5.95 Å². The maximum absolute atomic E-state index is 13.4. The second-order valence-corrected chi connectivity index (χ2v) is 8.77. The van der Waals surface area contributed by atoms with E-state index in [1.54, 1.807) is 0 Å². The molecular weight excluding hydrogens is 384 g/mol. The Labute approximate surface area is 181 Å². The highest BCUT2D eigenvalue weighted by Crippen LogP contribution is 2.44. The van der Waals surface area contributed by atoms with E-state index in [1.165, 1.54) is 40.8 Å². The average Bonchev–Trinajstić information content (AvgIpc) is 2.83. The summed E-state index contributed by atoms with van der Waals surface area (Å²) in [5, 5.41) is 3.56. The van der Waals surface area contributed by atoms with Crippen molar-refractivity contribution < 1.29 is 0 Å². The number of fused-ring (bicyclic) bond motifs is 2. The number of H-pyrrole nitrogens is 1. The van der Waals surface area contributed by atoms with Crippen LogP contribution in [0.1, 0.15) is 53.9 Å². The maximum Gasteiger partial charge on any atom is 0.258 e. The van der Waals surface area contributed by atoms with Crippen LogP contribution in [0.15, 0.2) is 70.7 Å². The van der Waals surface area contributed by atoms with Crippen molar-refractivity contribution in [1.29, 1.82) is 0 Å². The van der Waals surface area contributed by atoms with Gasteiger partial charge in [-0.15, -0.1) is 0 Å². The summed E-state index contributed by atoms with van der Waals surface area (Å²) < 4.78 is 0. The molecule has 5 nitrogen and oxygen atoms in total. The van der Waals surface area contributed by atoms with Crippen LogP contribution < -0.4 is 15.8 Å². The van der Waals surface area contributed by atoms with E-state index in [9.17, 15) is 4.79 Å². The van der Waals surface area contributed by atoms with Crippen LogP contribution in [-0.4, -0.2) is 16.5 Å². The van der Waals surface area contributed by atoms with Crippen molar-refractivity contribution in [2.45, 2.75) is 44.6 Å². The molecule has 3 heterocycles. The molecule has 0 bridgehead atoms. The first kappa shape index (κ1) is 18.4. The molecule has 156 valence electrons. The third-order valence-electron chi connectivity index (χ3n) is 6.92. The highest BCUT2D eigenvalue weighted by molar-refractivity contribution is 5.63. The maximum atomic E-state index is 13.4. The van der Waals surface area contributed by atoms with Gasteiger partial charge in [-0.05, 0) is 54.4 Å². The summed E-state index contributed by atoms with van der Waals surface area (Å²) in [6.45, 7) is 1.63. The van der Waals surface area contributed by atoms with E-state index < -0.39 is 0 Å². The molecule has 0 spiro atoms. The molecule has 0 unspecified atom stereocenters. The summed E-state index contributed by atoms with van der Waals surface area (Å²) in [6.07, 6.45) is 5.38. The van der Waals surface area contributed by atoms with Crippen molar-refractivity contribution in [3.8, 4) is 0 Å². The van der Waals surface area contributed by atoms with E-state index in [1.807, 2.05) is 6.07 Å². The van der Waals surface area contributed by atoms with E-state index in [2.05, 4.69) is 63.7 Å². The largest absolute Gasteiger partial charge is 0.343 e. The Morgan fingerprint density at radius 1 is 0.903 bits per heavy atom. The molecule has 1 aromatic heterocycles. The standard InChI is InChI=1S/C26H26N4O/c31-25-23-22(18-9-2-1-3-10-18)20-12-6-7-13-21(20)27-24(23)28-26(29-25)30-15-14-17-8-4-5-11-19(17)16-30/h1-5,8-11,22H,6-7,12-16H2,(H2,27,28,29,31)/t22-/m0/s1. The Bertz CT molecular complexity index is 1230. The van der Waals surface area contributed by atoms with Gasteiger partial charge in [-0.2, -0.15) is 4.98 Å². The molecular formula is C26H26N4O. The Morgan fingerprint density at radius 2 is 1.68 bits per heavy atom. The first-order chi connectivity index (χ1) is 15.3. The van der Waals surface area contributed by atoms with Crippen LogP contribution >= 0.6 is 0 Å². The van der Waals surface area contributed by atoms with Gasteiger partial charge in [0.1, 0.15) is 5.82 Å². The number of anilines is 2. The van der Waals surface area contributed by atoms with E-state index in [-0.39, 0.29) is 11.5 Å². The summed E-state index contributed by atoms with van der Waals surface area (Å²) in [6, 6.07) is 18.9. The summed E-state index contributed by atoms with van der Waals surface area (Å²) in [5.41, 5.74) is 7.22. The van der Waals surface area contributed by atoms with Gasteiger partial charge in [0.25, 0.3) is 5.56 Å². The minimum atomic E-state index is -0.0302. The molecule has 2 aromatic carbocycles. The molecule has 0 saturated carbocycles. The van der Waals surface area contributed by atoms with E-state index in [4.69, 9.17) is 4.98 Å². The number of aromatic nitrogens is 2. The average molecular weight is 411 g/mol. The molecule has 1 atom stereocenters. The molecule has 2 aliphatic heterocycles. The number of nitrogens with zero attached hydrogens (tertiary/aromatic N) is 2. The van der Waals surface area contributed by atoms with E-state index in [0.29, 0.717) is 5.95 Å². The predicted molar refractivity (Wildman–Crippen MR) is 123 cm³/mol. The van der Waals surface area contributed by atoms with Gasteiger partial charge >= 0.3 is 0 Å². The normalized spacial score (nSPS) is 19.9. The highest BCUT2D eigenvalue weighted by atomic mass is 16.1. The molecule has 0 radical (unpaired) electrons. The zero-order valence-electron chi connectivity index (χ0n) is 17.5. The SMILES string of the molecule is O=c1[nH]c(N2CCc3ccccc3C2)nc2c1[C@@H](c1ccccc1)C1=C(CCCC1)N2. The summed E-state index contributed by atoms with van der Waals surface area (Å²) >= 11 is 0. The third kappa shape index (κ3) is 3.16. The van der Waals surface area contributed by atoms with Crippen LogP contribution in [0.5, 0.6) is 0 Å². The minimum Gasteiger partial charge on any atom is -0.343 e. The highest BCUT2D eigenvalue weighted by Gasteiger charge is 2.34. The van der Waals surface area contributed by atoms with E-state index >= 15 is 0 Å².